The van der Waals surface area contributed by atoms with Crippen LogP contribution in [0.2, 0.25) is 0 Å². The van der Waals surface area contributed by atoms with Crippen LogP contribution in [-0.4, -0.2) is 15.7 Å². The highest BCUT2D eigenvalue weighted by atomic mass is 14.9. The Labute approximate surface area is 152 Å². The third kappa shape index (κ3) is 2.53. The van der Waals surface area contributed by atoms with E-state index in [0.717, 1.165) is 34.7 Å². The lowest BCUT2D eigenvalue weighted by atomic mass is 9.99. The zero-order valence-electron chi connectivity index (χ0n) is 14.9. The molecule has 1 aromatic heterocycles. The van der Waals surface area contributed by atoms with Crippen LogP contribution in [-0.2, 0) is 6.42 Å². The van der Waals surface area contributed by atoms with E-state index in [-0.39, 0.29) is 0 Å². The van der Waals surface area contributed by atoms with Gasteiger partial charge in [-0.15, -0.1) is 0 Å². The average Bonchev–Trinajstić information content (AvgIpc) is 3.21. The number of nitrogens with zero attached hydrogens (tertiary/aromatic N) is 2. The number of aliphatic imine (C=N–C) groups is 1. The molecular formula is C23H19N3. The molecular weight excluding hydrogens is 318 g/mol. The van der Waals surface area contributed by atoms with Crippen molar-refractivity contribution in [1.29, 1.82) is 0 Å². The first-order valence-electron chi connectivity index (χ1n) is 8.90. The number of fused-ring (bicyclic) bond motifs is 2. The first-order valence-corrected chi connectivity index (χ1v) is 8.90. The van der Waals surface area contributed by atoms with Gasteiger partial charge < -0.3 is 4.98 Å². The SMILES string of the molecule is Cc1ccc(-c2ccc(C3=Nc4cc5nc(C)[nH]c5cc4C3)cc2)cc1. The number of rotatable bonds is 2. The fraction of sp³-hybridized carbons (Fsp3) is 0.130. The lowest BCUT2D eigenvalue weighted by Gasteiger charge is -2.05. The predicted molar refractivity (Wildman–Crippen MR) is 107 cm³/mol. The van der Waals surface area contributed by atoms with E-state index in [0.29, 0.717) is 0 Å². The van der Waals surface area contributed by atoms with Crippen molar-refractivity contribution >= 4 is 22.4 Å². The van der Waals surface area contributed by atoms with Crippen LogP contribution in [0.4, 0.5) is 5.69 Å². The fourth-order valence-corrected chi connectivity index (χ4v) is 3.60. The summed E-state index contributed by atoms with van der Waals surface area (Å²) in [4.78, 5) is 12.7. The Morgan fingerprint density at radius 1 is 0.808 bits per heavy atom. The molecule has 4 aromatic rings. The molecule has 0 amide bonds. The monoisotopic (exact) mass is 337 g/mol. The highest BCUT2D eigenvalue weighted by Crippen LogP contribution is 2.32. The number of hydrogen-bond acceptors (Lipinski definition) is 2. The Hall–Kier alpha value is -3.20. The number of aryl methyl sites for hydroxylation is 2. The van der Waals surface area contributed by atoms with Crippen LogP contribution in [0.5, 0.6) is 0 Å². The van der Waals surface area contributed by atoms with E-state index in [2.05, 4.69) is 77.6 Å². The second kappa shape index (κ2) is 5.67. The predicted octanol–water partition coefficient (Wildman–Crippen LogP) is 5.52. The highest BCUT2D eigenvalue weighted by Gasteiger charge is 2.18. The van der Waals surface area contributed by atoms with Crippen LogP contribution in [0.3, 0.4) is 0 Å². The molecule has 0 atom stereocenters. The van der Waals surface area contributed by atoms with E-state index < -0.39 is 0 Å². The highest BCUT2D eigenvalue weighted by molar-refractivity contribution is 6.07. The van der Waals surface area contributed by atoms with Gasteiger partial charge in [0, 0.05) is 6.42 Å². The summed E-state index contributed by atoms with van der Waals surface area (Å²) in [5.74, 6) is 0.944. The maximum absolute atomic E-state index is 4.86. The molecule has 3 heteroatoms. The van der Waals surface area contributed by atoms with E-state index in [4.69, 9.17) is 4.99 Å². The maximum atomic E-state index is 4.86. The number of imidazole rings is 1. The molecule has 3 aromatic carbocycles. The van der Waals surface area contributed by atoms with E-state index in [1.807, 2.05) is 6.92 Å². The first-order chi connectivity index (χ1) is 12.7. The molecule has 5 rings (SSSR count). The van der Waals surface area contributed by atoms with Gasteiger partial charge >= 0.3 is 0 Å². The molecule has 0 aliphatic carbocycles. The average molecular weight is 337 g/mol. The zero-order valence-corrected chi connectivity index (χ0v) is 14.9. The molecule has 0 saturated carbocycles. The van der Waals surface area contributed by atoms with Crippen LogP contribution >= 0.6 is 0 Å². The summed E-state index contributed by atoms with van der Waals surface area (Å²) >= 11 is 0. The first kappa shape index (κ1) is 15.1. The van der Waals surface area contributed by atoms with Gasteiger partial charge in [0.2, 0.25) is 0 Å². The molecule has 1 aliphatic rings. The van der Waals surface area contributed by atoms with Gasteiger partial charge in [-0.2, -0.15) is 0 Å². The summed E-state index contributed by atoms with van der Waals surface area (Å²) in [6.07, 6.45) is 0.868. The largest absolute Gasteiger partial charge is 0.342 e. The molecule has 26 heavy (non-hydrogen) atoms. The molecule has 0 spiro atoms. The maximum Gasteiger partial charge on any atom is 0.104 e. The molecule has 0 unspecified atom stereocenters. The van der Waals surface area contributed by atoms with E-state index >= 15 is 0 Å². The number of aromatic nitrogens is 2. The minimum atomic E-state index is 0.868. The molecule has 0 radical (unpaired) electrons. The molecule has 2 heterocycles. The quantitative estimate of drug-likeness (QED) is 0.514. The van der Waals surface area contributed by atoms with Gasteiger partial charge in [-0.25, -0.2) is 4.98 Å². The van der Waals surface area contributed by atoms with Gasteiger partial charge in [0.25, 0.3) is 0 Å². The molecule has 3 nitrogen and oxygen atoms in total. The van der Waals surface area contributed by atoms with Crippen LogP contribution in [0.1, 0.15) is 22.5 Å². The number of benzene rings is 3. The lowest BCUT2D eigenvalue weighted by molar-refractivity contribution is 1.17. The van der Waals surface area contributed by atoms with Crippen LogP contribution < -0.4 is 0 Å². The second-order valence-electron chi connectivity index (χ2n) is 7.00. The van der Waals surface area contributed by atoms with Crippen LogP contribution in [0.15, 0.2) is 65.7 Å². The van der Waals surface area contributed by atoms with Crippen LogP contribution in [0.25, 0.3) is 22.2 Å². The van der Waals surface area contributed by atoms with Crippen molar-refractivity contribution in [1.82, 2.24) is 9.97 Å². The minimum absolute atomic E-state index is 0.868. The Balaban J connectivity index is 1.46. The molecule has 126 valence electrons. The normalized spacial score (nSPS) is 13.1. The van der Waals surface area contributed by atoms with Crippen molar-refractivity contribution in [2.45, 2.75) is 20.3 Å². The molecule has 0 fully saturated rings. The standard InChI is InChI=1S/C23H19N3/c1-14-3-5-16(6-4-14)17-7-9-18(10-8-17)20-11-19-12-22-23(13-21(19)26-20)25-15(2)24-22/h3-10,12-13H,11H2,1-2H3,(H,24,25). The third-order valence-electron chi connectivity index (χ3n) is 5.02. The summed E-state index contributed by atoms with van der Waals surface area (Å²) < 4.78 is 0. The van der Waals surface area contributed by atoms with Crippen LogP contribution in [0, 0.1) is 13.8 Å². The molecule has 0 saturated heterocycles. The summed E-state index contributed by atoms with van der Waals surface area (Å²) in [6.45, 7) is 4.09. The van der Waals surface area contributed by atoms with Crippen molar-refractivity contribution in [3.05, 3.63) is 83.2 Å². The molecule has 0 bridgehead atoms. The van der Waals surface area contributed by atoms with E-state index in [1.54, 1.807) is 0 Å². The fourth-order valence-electron chi connectivity index (χ4n) is 3.60. The Bertz CT molecular complexity index is 1150. The van der Waals surface area contributed by atoms with Crippen molar-refractivity contribution in [2.24, 2.45) is 4.99 Å². The smallest absolute Gasteiger partial charge is 0.104 e. The Morgan fingerprint density at radius 2 is 1.46 bits per heavy atom. The topological polar surface area (TPSA) is 41.0 Å². The summed E-state index contributed by atoms with van der Waals surface area (Å²) in [5, 5.41) is 0. The van der Waals surface area contributed by atoms with Crippen molar-refractivity contribution in [3.8, 4) is 11.1 Å². The van der Waals surface area contributed by atoms with Crippen molar-refractivity contribution < 1.29 is 0 Å². The van der Waals surface area contributed by atoms with Gasteiger partial charge in [0.05, 0.1) is 22.4 Å². The van der Waals surface area contributed by atoms with E-state index in [1.165, 1.54) is 27.8 Å². The third-order valence-corrected chi connectivity index (χ3v) is 5.02. The second-order valence-corrected chi connectivity index (χ2v) is 7.00. The summed E-state index contributed by atoms with van der Waals surface area (Å²) in [5.41, 5.74) is 10.5. The molecule has 1 N–H and O–H groups in total. The van der Waals surface area contributed by atoms with Gasteiger partial charge in [-0.05, 0) is 48.2 Å². The summed E-state index contributed by atoms with van der Waals surface area (Å²) in [7, 11) is 0. The van der Waals surface area contributed by atoms with Gasteiger partial charge in [-0.3, -0.25) is 4.99 Å². The van der Waals surface area contributed by atoms with E-state index in [9.17, 15) is 0 Å². The van der Waals surface area contributed by atoms with Crippen molar-refractivity contribution in [2.75, 3.05) is 0 Å². The van der Waals surface area contributed by atoms with Gasteiger partial charge in [0.1, 0.15) is 5.82 Å². The summed E-state index contributed by atoms with van der Waals surface area (Å²) in [6, 6.07) is 21.6. The van der Waals surface area contributed by atoms with Gasteiger partial charge in [-0.1, -0.05) is 54.1 Å². The number of nitrogens with one attached hydrogen (secondary N) is 1. The van der Waals surface area contributed by atoms with Gasteiger partial charge in [0.15, 0.2) is 0 Å². The number of H-pyrrole nitrogens is 1. The zero-order chi connectivity index (χ0) is 17.7. The lowest BCUT2D eigenvalue weighted by Crippen LogP contribution is -1.99. The minimum Gasteiger partial charge on any atom is -0.342 e. The molecule has 1 aliphatic heterocycles. The Morgan fingerprint density at radius 3 is 2.19 bits per heavy atom. The van der Waals surface area contributed by atoms with Crippen molar-refractivity contribution in [3.63, 3.8) is 0 Å². The number of hydrogen-bond donors (Lipinski definition) is 1. The number of aromatic amines is 1. The Kier molecular flexibility index (Phi) is 3.29.